The SMILES string of the molecule is CCSc1cc([N+](=O)[O-])ccc1-n1ccnc1. The Labute approximate surface area is 103 Å². The normalized spacial score (nSPS) is 10.4. The van der Waals surface area contributed by atoms with Gasteiger partial charge in [-0.3, -0.25) is 10.1 Å². The van der Waals surface area contributed by atoms with Crippen LogP contribution in [0.4, 0.5) is 5.69 Å². The summed E-state index contributed by atoms with van der Waals surface area (Å²) in [5.74, 6) is 0.864. The first-order valence-corrected chi connectivity index (χ1v) is 6.10. The highest BCUT2D eigenvalue weighted by molar-refractivity contribution is 7.99. The van der Waals surface area contributed by atoms with Crippen molar-refractivity contribution in [1.82, 2.24) is 9.55 Å². The fraction of sp³-hybridized carbons (Fsp3) is 0.182. The van der Waals surface area contributed by atoms with Gasteiger partial charge in [-0.2, -0.15) is 0 Å². The van der Waals surface area contributed by atoms with Crippen molar-refractivity contribution in [1.29, 1.82) is 0 Å². The minimum Gasteiger partial charge on any atom is -0.305 e. The first kappa shape index (κ1) is 11.7. The summed E-state index contributed by atoms with van der Waals surface area (Å²) in [4.78, 5) is 15.2. The third kappa shape index (κ3) is 2.47. The van der Waals surface area contributed by atoms with Gasteiger partial charge in [0, 0.05) is 29.4 Å². The Bertz CT molecular complexity index is 526. The van der Waals surface area contributed by atoms with Crippen molar-refractivity contribution in [3.63, 3.8) is 0 Å². The number of nitrogens with zero attached hydrogens (tertiary/aromatic N) is 3. The van der Waals surface area contributed by atoms with Gasteiger partial charge in [0.25, 0.3) is 5.69 Å². The second-order valence-electron chi connectivity index (χ2n) is 3.31. The maximum absolute atomic E-state index is 10.7. The molecule has 2 rings (SSSR count). The zero-order valence-corrected chi connectivity index (χ0v) is 10.1. The van der Waals surface area contributed by atoms with Gasteiger partial charge in [-0.15, -0.1) is 11.8 Å². The van der Waals surface area contributed by atoms with Crippen molar-refractivity contribution in [3.8, 4) is 5.69 Å². The molecule has 0 saturated heterocycles. The van der Waals surface area contributed by atoms with Gasteiger partial charge in [0.05, 0.1) is 16.9 Å². The number of thioether (sulfide) groups is 1. The number of hydrogen-bond donors (Lipinski definition) is 0. The van der Waals surface area contributed by atoms with Gasteiger partial charge >= 0.3 is 0 Å². The lowest BCUT2D eigenvalue weighted by molar-refractivity contribution is -0.385. The van der Waals surface area contributed by atoms with E-state index in [2.05, 4.69) is 4.98 Å². The van der Waals surface area contributed by atoms with Gasteiger partial charge < -0.3 is 4.57 Å². The Hall–Kier alpha value is -1.82. The van der Waals surface area contributed by atoms with E-state index < -0.39 is 0 Å². The molecular formula is C11H11N3O2S. The number of aromatic nitrogens is 2. The van der Waals surface area contributed by atoms with E-state index in [4.69, 9.17) is 0 Å². The predicted octanol–water partition coefficient (Wildman–Crippen LogP) is 2.89. The molecule has 17 heavy (non-hydrogen) atoms. The lowest BCUT2D eigenvalue weighted by Gasteiger charge is -2.08. The van der Waals surface area contributed by atoms with Crippen LogP contribution in [-0.4, -0.2) is 20.2 Å². The summed E-state index contributed by atoms with van der Waals surface area (Å²) in [6.07, 6.45) is 5.18. The zero-order chi connectivity index (χ0) is 12.3. The van der Waals surface area contributed by atoms with Crippen molar-refractivity contribution >= 4 is 17.4 Å². The molecule has 0 aliphatic carbocycles. The van der Waals surface area contributed by atoms with E-state index in [1.807, 2.05) is 17.7 Å². The molecule has 0 amide bonds. The largest absolute Gasteiger partial charge is 0.305 e. The Morgan fingerprint density at radius 2 is 2.35 bits per heavy atom. The lowest BCUT2D eigenvalue weighted by Crippen LogP contribution is -1.95. The summed E-state index contributed by atoms with van der Waals surface area (Å²) in [5.41, 5.74) is 1.03. The third-order valence-electron chi connectivity index (χ3n) is 2.24. The molecule has 0 radical (unpaired) electrons. The second kappa shape index (κ2) is 5.01. The van der Waals surface area contributed by atoms with E-state index in [1.54, 1.807) is 36.4 Å². The molecule has 0 unspecified atom stereocenters. The van der Waals surface area contributed by atoms with Crippen molar-refractivity contribution in [3.05, 3.63) is 47.0 Å². The number of nitro groups is 1. The van der Waals surface area contributed by atoms with Crippen molar-refractivity contribution in [2.75, 3.05) is 5.75 Å². The minimum absolute atomic E-state index is 0.116. The van der Waals surface area contributed by atoms with Crippen LogP contribution >= 0.6 is 11.8 Å². The first-order chi connectivity index (χ1) is 8.22. The van der Waals surface area contributed by atoms with Crippen LogP contribution in [0.3, 0.4) is 0 Å². The van der Waals surface area contributed by atoms with E-state index in [9.17, 15) is 10.1 Å². The zero-order valence-electron chi connectivity index (χ0n) is 9.24. The molecule has 0 bridgehead atoms. The Morgan fingerprint density at radius 3 is 2.94 bits per heavy atom. The Morgan fingerprint density at radius 1 is 1.53 bits per heavy atom. The minimum atomic E-state index is -0.378. The van der Waals surface area contributed by atoms with Gasteiger partial charge in [0.15, 0.2) is 0 Å². The molecular weight excluding hydrogens is 238 g/mol. The molecule has 1 heterocycles. The molecule has 0 saturated carbocycles. The summed E-state index contributed by atoms with van der Waals surface area (Å²) in [5, 5.41) is 10.7. The second-order valence-corrected chi connectivity index (χ2v) is 4.62. The number of imidazole rings is 1. The molecule has 6 heteroatoms. The highest BCUT2D eigenvalue weighted by atomic mass is 32.2. The lowest BCUT2D eigenvalue weighted by atomic mass is 10.3. The summed E-state index contributed by atoms with van der Waals surface area (Å²) < 4.78 is 1.85. The molecule has 5 nitrogen and oxygen atoms in total. The molecule has 88 valence electrons. The number of rotatable bonds is 4. The molecule has 0 fully saturated rings. The standard InChI is InChI=1S/C11H11N3O2S/c1-2-17-11-7-9(14(15)16)3-4-10(11)13-6-5-12-8-13/h3-8H,2H2,1H3. The fourth-order valence-corrected chi connectivity index (χ4v) is 2.34. The van der Waals surface area contributed by atoms with Crippen LogP contribution in [0.15, 0.2) is 41.8 Å². The van der Waals surface area contributed by atoms with Crippen molar-refractivity contribution in [2.24, 2.45) is 0 Å². The molecule has 0 aliphatic rings. The highest BCUT2D eigenvalue weighted by Gasteiger charge is 2.11. The van der Waals surface area contributed by atoms with Gasteiger partial charge in [0.2, 0.25) is 0 Å². The Balaban J connectivity index is 2.48. The quantitative estimate of drug-likeness (QED) is 0.475. The van der Waals surface area contributed by atoms with Crippen LogP contribution in [0.1, 0.15) is 6.92 Å². The van der Waals surface area contributed by atoms with Gasteiger partial charge in [-0.1, -0.05) is 6.92 Å². The van der Waals surface area contributed by atoms with E-state index in [-0.39, 0.29) is 10.6 Å². The summed E-state index contributed by atoms with van der Waals surface area (Å²) in [7, 11) is 0. The van der Waals surface area contributed by atoms with Crippen LogP contribution in [0, 0.1) is 10.1 Å². The maximum Gasteiger partial charge on any atom is 0.270 e. The van der Waals surface area contributed by atoms with Crippen LogP contribution in [0.5, 0.6) is 0 Å². The number of hydrogen-bond acceptors (Lipinski definition) is 4. The van der Waals surface area contributed by atoms with E-state index >= 15 is 0 Å². The van der Waals surface area contributed by atoms with E-state index in [1.165, 1.54) is 6.07 Å². The molecule has 0 aliphatic heterocycles. The smallest absolute Gasteiger partial charge is 0.270 e. The maximum atomic E-state index is 10.7. The van der Waals surface area contributed by atoms with Crippen molar-refractivity contribution in [2.45, 2.75) is 11.8 Å². The fourth-order valence-electron chi connectivity index (χ4n) is 1.50. The summed E-state index contributed by atoms with van der Waals surface area (Å²) >= 11 is 1.58. The van der Waals surface area contributed by atoms with E-state index in [0.717, 1.165) is 16.3 Å². The Kier molecular flexibility index (Phi) is 3.43. The van der Waals surface area contributed by atoms with Gasteiger partial charge in [0.1, 0.15) is 0 Å². The van der Waals surface area contributed by atoms with Crippen LogP contribution in [0.2, 0.25) is 0 Å². The van der Waals surface area contributed by atoms with Gasteiger partial charge in [-0.05, 0) is 11.8 Å². The average Bonchev–Trinajstić information content (AvgIpc) is 2.82. The first-order valence-electron chi connectivity index (χ1n) is 5.12. The summed E-state index contributed by atoms with van der Waals surface area (Å²) in [6.45, 7) is 2.02. The monoisotopic (exact) mass is 249 g/mol. The average molecular weight is 249 g/mol. The van der Waals surface area contributed by atoms with Crippen LogP contribution < -0.4 is 0 Å². The number of non-ortho nitro benzene ring substituents is 1. The topological polar surface area (TPSA) is 61.0 Å². The highest BCUT2D eigenvalue weighted by Crippen LogP contribution is 2.29. The molecule has 0 atom stereocenters. The molecule has 1 aromatic carbocycles. The molecule has 0 N–H and O–H groups in total. The number of benzene rings is 1. The van der Waals surface area contributed by atoms with E-state index in [0.29, 0.717) is 0 Å². The molecule has 1 aromatic heterocycles. The molecule has 0 spiro atoms. The van der Waals surface area contributed by atoms with Crippen LogP contribution in [-0.2, 0) is 0 Å². The van der Waals surface area contributed by atoms with Crippen LogP contribution in [0.25, 0.3) is 5.69 Å². The van der Waals surface area contributed by atoms with Gasteiger partial charge in [-0.25, -0.2) is 4.98 Å². The van der Waals surface area contributed by atoms with Crippen molar-refractivity contribution < 1.29 is 4.92 Å². The molecule has 2 aromatic rings. The number of nitro benzene ring substituents is 1. The predicted molar refractivity (Wildman–Crippen MR) is 66.6 cm³/mol. The third-order valence-corrected chi connectivity index (χ3v) is 3.16. The summed E-state index contributed by atoms with van der Waals surface area (Å²) in [6, 6.07) is 4.86.